The van der Waals surface area contributed by atoms with E-state index >= 15 is 0 Å². The number of nitrogens with zero attached hydrogens (tertiary/aromatic N) is 3. The summed E-state index contributed by atoms with van der Waals surface area (Å²) in [5.74, 6) is 1.10. The Balaban J connectivity index is 1.71. The maximum Gasteiger partial charge on any atom is 0.251 e. The van der Waals surface area contributed by atoms with Crippen molar-refractivity contribution in [3.8, 4) is 5.88 Å². The van der Waals surface area contributed by atoms with E-state index in [4.69, 9.17) is 4.74 Å². The van der Waals surface area contributed by atoms with E-state index in [0.29, 0.717) is 18.4 Å². The minimum atomic E-state index is -0.179. The number of rotatable bonds is 4. The molecule has 6 heteroatoms. The van der Waals surface area contributed by atoms with Crippen LogP contribution in [0.25, 0.3) is 0 Å². The predicted octanol–water partition coefficient (Wildman–Crippen LogP) is 2.01. The average Bonchev–Trinajstić information content (AvgIpc) is 2.96. The summed E-state index contributed by atoms with van der Waals surface area (Å²) >= 11 is 1.21. The minimum Gasteiger partial charge on any atom is -0.471 e. The summed E-state index contributed by atoms with van der Waals surface area (Å²) in [4.78, 5) is 2.32. The first kappa shape index (κ1) is 14.0. The Hall–Kier alpha value is -0.980. The van der Waals surface area contributed by atoms with Crippen LogP contribution in [-0.2, 0) is 0 Å². The lowest BCUT2D eigenvalue weighted by atomic mass is 9.93. The standard InChI is InChI=1S/C14H21N3O2S/c1-9(2)5-6-19-14-13(15-20-16-14)11-4-3-10-7-17(11)8-12(10)18/h5,10-12,18H,3-4,6-8H2,1-2H3/t10-,11?,12+/m1/s1. The number of allylic oxidation sites excluding steroid dienone is 1. The van der Waals surface area contributed by atoms with Crippen molar-refractivity contribution in [1.29, 1.82) is 0 Å². The van der Waals surface area contributed by atoms with Crippen LogP contribution >= 0.6 is 11.7 Å². The molecule has 0 amide bonds. The molecule has 1 N–H and O–H groups in total. The van der Waals surface area contributed by atoms with Crippen LogP contribution in [0.15, 0.2) is 11.6 Å². The summed E-state index contributed by atoms with van der Waals surface area (Å²) in [6, 6.07) is 0.254. The van der Waals surface area contributed by atoms with Crippen molar-refractivity contribution in [1.82, 2.24) is 13.6 Å². The molecule has 0 spiro atoms. The van der Waals surface area contributed by atoms with Crippen molar-refractivity contribution in [2.24, 2.45) is 5.92 Å². The molecular weight excluding hydrogens is 274 g/mol. The first-order chi connectivity index (χ1) is 9.65. The second-order valence-electron chi connectivity index (χ2n) is 5.92. The van der Waals surface area contributed by atoms with Gasteiger partial charge in [-0.1, -0.05) is 5.57 Å². The van der Waals surface area contributed by atoms with Crippen molar-refractivity contribution in [2.45, 2.75) is 38.8 Å². The molecule has 2 aliphatic rings. The van der Waals surface area contributed by atoms with Gasteiger partial charge in [-0.3, -0.25) is 4.90 Å². The first-order valence-corrected chi connectivity index (χ1v) is 7.89. The van der Waals surface area contributed by atoms with Crippen LogP contribution in [0.1, 0.15) is 38.4 Å². The van der Waals surface area contributed by atoms with Gasteiger partial charge in [0.25, 0.3) is 5.88 Å². The Morgan fingerprint density at radius 3 is 3.05 bits per heavy atom. The fourth-order valence-electron chi connectivity index (χ4n) is 3.07. The molecule has 5 nitrogen and oxygen atoms in total. The van der Waals surface area contributed by atoms with E-state index in [-0.39, 0.29) is 12.1 Å². The highest BCUT2D eigenvalue weighted by atomic mass is 32.1. The van der Waals surface area contributed by atoms with Gasteiger partial charge in [0.15, 0.2) is 0 Å². The summed E-state index contributed by atoms with van der Waals surface area (Å²) in [5.41, 5.74) is 2.18. The number of aromatic nitrogens is 2. The van der Waals surface area contributed by atoms with Gasteiger partial charge in [0.2, 0.25) is 0 Å². The van der Waals surface area contributed by atoms with E-state index in [1.807, 2.05) is 6.08 Å². The summed E-state index contributed by atoms with van der Waals surface area (Å²) < 4.78 is 14.5. The molecule has 0 radical (unpaired) electrons. The molecule has 3 heterocycles. The lowest BCUT2D eigenvalue weighted by molar-refractivity contribution is 0.144. The molecule has 2 aliphatic heterocycles. The smallest absolute Gasteiger partial charge is 0.251 e. The quantitative estimate of drug-likeness (QED) is 0.861. The molecule has 2 fully saturated rings. The van der Waals surface area contributed by atoms with E-state index in [9.17, 15) is 5.11 Å². The lowest BCUT2D eigenvalue weighted by Crippen LogP contribution is -2.31. The van der Waals surface area contributed by atoms with Gasteiger partial charge in [0.1, 0.15) is 12.3 Å². The molecule has 2 unspecified atom stereocenters. The number of hydrogen-bond acceptors (Lipinski definition) is 6. The molecule has 1 aromatic heterocycles. The number of ether oxygens (including phenoxy) is 1. The number of fused-ring (bicyclic) bond motifs is 2. The highest BCUT2D eigenvalue weighted by molar-refractivity contribution is 6.99. The molecule has 0 saturated carbocycles. The number of piperidine rings is 1. The Kier molecular flexibility index (Phi) is 4.05. The van der Waals surface area contributed by atoms with Crippen molar-refractivity contribution in [2.75, 3.05) is 19.7 Å². The van der Waals surface area contributed by atoms with Gasteiger partial charge >= 0.3 is 0 Å². The fourth-order valence-corrected chi connectivity index (χ4v) is 3.62. The van der Waals surface area contributed by atoms with E-state index < -0.39 is 0 Å². The van der Waals surface area contributed by atoms with E-state index in [1.54, 1.807) is 0 Å². The molecule has 3 rings (SSSR count). The van der Waals surface area contributed by atoms with Crippen LogP contribution in [0.3, 0.4) is 0 Å². The maximum absolute atomic E-state index is 9.97. The van der Waals surface area contributed by atoms with Gasteiger partial charge in [-0.2, -0.15) is 4.37 Å². The fraction of sp³-hybridized carbons (Fsp3) is 0.714. The van der Waals surface area contributed by atoms with E-state index in [2.05, 4.69) is 27.5 Å². The summed E-state index contributed by atoms with van der Waals surface area (Å²) in [5, 5.41) is 9.97. The summed E-state index contributed by atoms with van der Waals surface area (Å²) in [7, 11) is 0. The van der Waals surface area contributed by atoms with Gasteiger partial charge in [-0.25, -0.2) is 0 Å². The largest absolute Gasteiger partial charge is 0.471 e. The van der Waals surface area contributed by atoms with Crippen LogP contribution < -0.4 is 4.74 Å². The monoisotopic (exact) mass is 295 g/mol. The van der Waals surface area contributed by atoms with Crippen LogP contribution in [0.2, 0.25) is 0 Å². The van der Waals surface area contributed by atoms with Gasteiger partial charge < -0.3 is 9.84 Å². The number of aliphatic hydroxyl groups excluding tert-OH is 1. The van der Waals surface area contributed by atoms with Gasteiger partial charge in [-0.15, -0.1) is 4.37 Å². The molecule has 20 heavy (non-hydrogen) atoms. The Bertz CT molecular complexity index is 496. The summed E-state index contributed by atoms with van der Waals surface area (Å²) in [6.07, 6.45) is 3.96. The lowest BCUT2D eigenvalue weighted by Gasteiger charge is -2.30. The van der Waals surface area contributed by atoms with Crippen LogP contribution in [0.5, 0.6) is 5.88 Å². The van der Waals surface area contributed by atoms with E-state index in [1.165, 1.54) is 17.3 Å². The Labute approximate surface area is 123 Å². The predicted molar refractivity (Wildman–Crippen MR) is 77.9 cm³/mol. The molecule has 0 aliphatic carbocycles. The summed E-state index contributed by atoms with van der Waals surface area (Å²) in [6.45, 7) is 6.36. The third-order valence-electron chi connectivity index (χ3n) is 4.20. The second kappa shape index (κ2) is 5.79. The van der Waals surface area contributed by atoms with Crippen molar-refractivity contribution in [3.05, 3.63) is 17.3 Å². The zero-order chi connectivity index (χ0) is 14.1. The highest BCUT2D eigenvalue weighted by Gasteiger charge is 2.41. The van der Waals surface area contributed by atoms with E-state index in [0.717, 1.165) is 31.6 Å². The zero-order valence-electron chi connectivity index (χ0n) is 12.0. The SMILES string of the molecule is CC(C)=CCOc1nsnc1C1CC[C@@H]2CN1C[C@@H]2O. The highest BCUT2D eigenvalue weighted by Crippen LogP contribution is 2.41. The molecule has 0 aromatic carbocycles. The molecular formula is C14H21N3O2S. The topological polar surface area (TPSA) is 58.5 Å². The third-order valence-corrected chi connectivity index (χ3v) is 4.72. The Morgan fingerprint density at radius 2 is 2.25 bits per heavy atom. The first-order valence-electron chi connectivity index (χ1n) is 7.16. The molecule has 4 atom stereocenters. The zero-order valence-corrected chi connectivity index (χ0v) is 12.8. The van der Waals surface area contributed by atoms with Crippen LogP contribution in [0, 0.1) is 5.92 Å². The second-order valence-corrected chi connectivity index (χ2v) is 6.45. The van der Waals surface area contributed by atoms with Gasteiger partial charge in [0.05, 0.1) is 23.9 Å². The van der Waals surface area contributed by atoms with Crippen molar-refractivity contribution >= 4 is 11.7 Å². The minimum absolute atomic E-state index is 0.179. The number of hydrogen-bond donors (Lipinski definition) is 1. The van der Waals surface area contributed by atoms with Gasteiger partial charge in [-0.05, 0) is 38.7 Å². The Morgan fingerprint density at radius 1 is 1.40 bits per heavy atom. The molecule has 1 aromatic rings. The normalized spacial score (nSPS) is 32.1. The molecule has 110 valence electrons. The van der Waals surface area contributed by atoms with Crippen molar-refractivity contribution < 1.29 is 9.84 Å². The van der Waals surface area contributed by atoms with Crippen molar-refractivity contribution in [3.63, 3.8) is 0 Å². The van der Waals surface area contributed by atoms with Crippen LogP contribution in [0.4, 0.5) is 0 Å². The van der Waals surface area contributed by atoms with Crippen LogP contribution in [-0.4, -0.2) is 44.6 Å². The third kappa shape index (κ3) is 2.73. The molecule has 2 bridgehead atoms. The number of aliphatic hydroxyl groups is 1. The maximum atomic E-state index is 9.97. The van der Waals surface area contributed by atoms with Gasteiger partial charge in [0, 0.05) is 13.1 Å². The molecule has 2 saturated heterocycles. The average molecular weight is 295 g/mol.